The standard InChI is InChI=1S/C8H6N4O3/c13-8-5(6-4-9-11-10-6)2-1-3-7(8)12(14)15/h1-3,13H,4H2. The van der Waals surface area contributed by atoms with Gasteiger partial charge in [0.05, 0.1) is 10.6 Å². The van der Waals surface area contributed by atoms with Crippen molar-refractivity contribution in [2.45, 2.75) is 0 Å². The summed E-state index contributed by atoms with van der Waals surface area (Å²) < 4.78 is 0. The molecule has 0 atom stereocenters. The van der Waals surface area contributed by atoms with Gasteiger partial charge in [0.25, 0.3) is 0 Å². The van der Waals surface area contributed by atoms with Crippen LogP contribution in [0.2, 0.25) is 0 Å². The van der Waals surface area contributed by atoms with Crippen LogP contribution in [0.3, 0.4) is 0 Å². The number of phenolic OH excluding ortho intramolecular Hbond substituents is 1. The van der Waals surface area contributed by atoms with Gasteiger partial charge in [0.15, 0.2) is 0 Å². The van der Waals surface area contributed by atoms with Crippen molar-refractivity contribution in [3.8, 4) is 5.75 Å². The minimum atomic E-state index is -0.650. The summed E-state index contributed by atoms with van der Waals surface area (Å²) >= 11 is 0. The number of aromatic hydroxyl groups is 1. The van der Waals surface area contributed by atoms with Crippen LogP contribution in [0.15, 0.2) is 33.6 Å². The highest BCUT2D eigenvalue weighted by Crippen LogP contribution is 2.30. The summed E-state index contributed by atoms with van der Waals surface area (Å²) in [5, 5.41) is 30.8. The lowest BCUT2D eigenvalue weighted by Crippen LogP contribution is -2.03. The van der Waals surface area contributed by atoms with Crippen molar-refractivity contribution in [1.29, 1.82) is 0 Å². The number of nitro benzene ring substituents is 1. The Morgan fingerprint density at radius 1 is 1.47 bits per heavy atom. The Labute approximate surface area is 83.9 Å². The van der Waals surface area contributed by atoms with Crippen LogP contribution in [0.1, 0.15) is 5.56 Å². The molecule has 0 saturated heterocycles. The fourth-order valence-electron chi connectivity index (χ4n) is 1.27. The molecule has 0 radical (unpaired) electrons. The summed E-state index contributed by atoms with van der Waals surface area (Å²) in [4.78, 5) is 9.90. The fourth-order valence-corrected chi connectivity index (χ4v) is 1.27. The number of rotatable bonds is 2. The van der Waals surface area contributed by atoms with Crippen LogP contribution in [0.4, 0.5) is 5.69 Å². The Kier molecular flexibility index (Phi) is 2.13. The molecule has 1 aromatic carbocycles. The van der Waals surface area contributed by atoms with E-state index in [0.717, 1.165) is 0 Å². The van der Waals surface area contributed by atoms with E-state index in [0.29, 0.717) is 11.3 Å². The zero-order chi connectivity index (χ0) is 10.8. The number of phenols is 1. The van der Waals surface area contributed by atoms with Gasteiger partial charge in [0.1, 0.15) is 6.54 Å². The highest BCUT2D eigenvalue weighted by atomic mass is 16.6. The molecule has 15 heavy (non-hydrogen) atoms. The van der Waals surface area contributed by atoms with Gasteiger partial charge in [-0.2, -0.15) is 5.11 Å². The lowest BCUT2D eigenvalue weighted by atomic mass is 10.1. The summed E-state index contributed by atoms with van der Waals surface area (Å²) in [6.07, 6.45) is 0. The highest BCUT2D eigenvalue weighted by Gasteiger charge is 2.20. The third-order valence-electron chi connectivity index (χ3n) is 1.97. The molecule has 2 rings (SSSR count). The maximum Gasteiger partial charge on any atom is 0.311 e. The predicted molar refractivity (Wildman–Crippen MR) is 51.0 cm³/mol. The Morgan fingerprint density at radius 3 is 2.87 bits per heavy atom. The first-order chi connectivity index (χ1) is 7.20. The third kappa shape index (κ3) is 1.54. The van der Waals surface area contributed by atoms with Crippen LogP contribution >= 0.6 is 0 Å². The van der Waals surface area contributed by atoms with Gasteiger partial charge in [0.2, 0.25) is 5.75 Å². The van der Waals surface area contributed by atoms with Gasteiger partial charge in [-0.25, -0.2) is 0 Å². The molecular formula is C8H6N4O3. The van der Waals surface area contributed by atoms with E-state index in [1.165, 1.54) is 18.2 Å². The summed E-state index contributed by atoms with van der Waals surface area (Å²) in [7, 11) is 0. The third-order valence-corrected chi connectivity index (χ3v) is 1.97. The lowest BCUT2D eigenvalue weighted by Gasteiger charge is -2.02. The second-order valence-electron chi connectivity index (χ2n) is 2.87. The van der Waals surface area contributed by atoms with Crippen molar-refractivity contribution in [3.63, 3.8) is 0 Å². The number of para-hydroxylation sites is 1. The molecule has 0 bridgehead atoms. The van der Waals surface area contributed by atoms with Gasteiger partial charge >= 0.3 is 5.69 Å². The number of nitro groups is 1. The van der Waals surface area contributed by atoms with E-state index >= 15 is 0 Å². The molecule has 0 amide bonds. The SMILES string of the molecule is O=[N+]([O-])c1cccc(C2=NN=NC2)c1O. The van der Waals surface area contributed by atoms with Crippen LogP contribution in [-0.2, 0) is 0 Å². The molecule has 1 N–H and O–H groups in total. The van der Waals surface area contributed by atoms with Crippen LogP contribution < -0.4 is 0 Å². The van der Waals surface area contributed by atoms with Gasteiger partial charge in [-0.1, -0.05) is 6.07 Å². The molecule has 76 valence electrons. The molecule has 1 aromatic rings. The van der Waals surface area contributed by atoms with E-state index < -0.39 is 10.7 Å². The van der Waals surface area contributed by atoms with Gasteiger partial charge in [-0.05, 0) is 11.3 Å². The molecular weight excluding hydrogens is 200 g/mol. The maximum absolute atomic E-state index is 10.5. The molecule has 1 heterocycles. The van der Waals surface area contributed by atoms with Gasteiger partial charge in [0, 0.05) is 11.6 Å². The van der Waals surface area contributed by atoms with Crippen molar-refractivity contribution >= 4 is 11.4 Å². The first kappa shape index (κ1) is 9.25. The molecule has 7 nitrogen and oxygen atoms in total. The zero-order valence-corrected chi connectivity index (χ0v) is 7.49. The smallest absolute Gasteiger partial charge is 0.311 e. The highest BCUT2D eigenvalue weighted by molar-refractivity contribution is 6.05. The van der Waals surface area contributed by atoms with Crippen LogP contribution in [-0.4, -0.2) is 22.3 Å². The zero-order valence-electron chi connectivity index (χ0n) is 7.49. The molecule has 0 aromatic heterocycles. The first-order valence-corrected chi connectivity index (χ1v) is 4.10. The first-order valence-electron chi connectivity index (χ1n) is 4.10. The van der Waals surface area contributed by atoms with E-state index in [9.17, 15) is 15.2 Å². The van der Waals surface area contributed by atoms with E-state index in [2.05, 4.69) is 15.4 Å². The molecule has 0 unspecified atom stereocenters. The molecule has 0 saturated carbocycles. The number of hydrogen-bond acceptors (Lipinski definition) is 6. The van der Waals surface area contributed by atoms with Crippen LogP contribution in [0.25, 0.3) is 0 Å². The molecule has 7 heteroatoms. The van der Waals surface area contributed by atoms with Crippen molar-refractivity contribution in [3.05, 3.63) is 33.9 Å². The maximum atomic E-state index is 10.5. The van der Waals surface area contributed by atoms with Crippen molar-refractivity contribution in [2.75, 3.05) is 6.54 Å². The minimum Gasteiger partial charge on any atom is -0.502 e. The Hall–Kier alpha value is -2.31. The number of nitrogens with zero attached hydrogens (tertiary/aromatic N) is 4. The predicted octanol–water partition coefficient (Wildman–Crippen LogP) is 1.47. The van der Waals surface area contributed by atoms with Crippen molar-refractivity contribution in [1.82, 2.24) is 0 Å². The van der Waals surface area contributed by atoms with E-state index in [-0.39, 0.29) is 12.2 Å². The lowest BCUT2D eigenvalue weighted by molar-refractivity contribution is -0.385. The van der Waals surface area contributed by atoms with E-state index in [4.69, 9.17) is 0 Å². The Bertz CT molecular complexity index is 481. The Balaban J connectivity index is 2.49. The van der Waals surface area contributed by atoms with Crippen LogP contribution in [0, 0.1) is 10.1 Å². The van der Waals surface area contributed by atoms with Crippen molar-refractivity contribution in [2.24, 2.45) is 15.4 Å². The molecule has 0 aliphatic carbocycles. The van der Waals surface area contributed by atoms with Crippen LogP contribution in [0.5, 0.6) is 5.75 Å². The van der Waals surface area contributed by atoms with E-state index in [1.807, 2.05) is 0 Å². The summed E-state index contributed by atoms with van der Waals surface area (Å²) in [6.45, 7) is 0.231. The number of hydrogen-bond donors (Lipinski definition) is 1. The average Bonchev–Trinajstić information content (AvgIpc) is 2.70. The summed E-state index contributed by atoms with van der Waals surface area (Å²) in [5.41, 5.74) is 0.382. The second-order valence-corrected chi connectivity index (χ2v) is 2.87. The number of benzene rings is 1. The average molecular weight is 206 g/mol. The largest absolute Gasteiger partial charge is 0.502 e. The monoisotopic (exact) mass is 206 g/mol. The summed E-state index contributed by atoms with van der Waals surface area (Å²) in [6, 6.07) is 4.24. The van der Waals surface area contributed by atoms with Gasteiger partial charge in [-0.3, -0.25) is 10.1 Å². The van der Waals surface area contributed by atoms with Crippen molar-refractivity contribution < 1.29 is 10.0 Å². The molecule has 1 aliphatic heterocycles. The fraction of sp³-hybridized carbons (Fsp3) is 0.125. The van der Waals surface area contributed by atoms with Gasteiger partial charge in [-0.15, -0.1) is 5.10 Å². The van der Waals surface area contributed by atoms with E-state index in [1.54, 1.807) is 0 Å². The quantitative estimate of drug-likeness (QED) is 0.585. The Morgan fingerprint density at radius 2 is 2.27 bits per heavy atom. The molecule has 0 fully saturated rings. The molecule has 1 aliphatic rings. The molecule has 0 spiro atoms. The summed E-state index contributed by atoms with van der Waals surface area (Å²) in [5.74, 6) is -0.395. The van der Waals surface area contributed by atoms with Gasteiger partial charge < -0.3 is 5.11 Å². The normalized spacial score (nSPS) is 14.0. The minimum absolute atomic E-state index is 0.231. The topological polar surface area (TPSA) is 100 Å². The second kappa shape index (κ2) is 3.45.